The lowest BCUT2D eigenvalue weighted by molar-refractivity contribution is -0.143. The van der Waals surface area contributed by atoms with Gasteiger partial charge in [-0.3, -0.25) is 10.2 Å². The molecule has 8 nitrogen and oxygen atoms in total. The molecule has 0 saturated heterocycles. The van der Waals surface area contributed by atoms with Gasteiger partial charge in [-0.15, -0.1) is 10.2 Å². The highest BCUT2D eigenvalue weighted by molar-refractivity contribution is 5.90. The average molecular weight is 610 g/mol. The third-order valence-corrected chi connectivity index (χ3v) is 6.76. The first-order chi connectivity index (χ1) is 19.5. The number of ether oxygens (including phenoxy) is 1. The summed E-state index contributed by atoms with van der Waals surface area (Å²) in [6, 6.07) is 1.95. The maximum absolute atomic E-state index is 13.7. The van der Waals surface area contributed by atoms with Crippen LogP contribution in [0, 0.1) is 0 Å². The van der Waals surface area contributed by atoms with Crippen molar-refractivity contribution in [2.24, 2.45) is 20.7 Å². The van der Waals surface area contributed by atoms with Crippen LogP contribution in [0.3, 0.4) is 0 Å². The first-order valence-electron chi connectivity index (χ1n) is 12.5. The number of halogens is 9. The number of carbonyl (C=O) groups excluding carboxylic acids is 1. The number of benzene rings is 2. The Balaban J connectivity index is 1.79. The predicted octanol–water partition coefficient (Wildman–Crippen LogP) is 8.25. The Morgan fingerprint density at radius 2 is 1.48 bits per heavy atom. The summed E-state index contributed by atoms with van der Waals surface area (Å²) >= 11 is 0. The molecule has 0 aliphatic carbocycles. The molecule has 0 aromatic heterocycles. The van der Waals surface area contributed by atoms with Crippen LogP contribution in [0.5, 0.6) is 0 Å². The monoisotopic (exact) mass is 610 g/mol. The van der Waals surface area contributed by atoms with E-state index in [9.17, 15) is 44.3 Å². The van der Waals surface area contributed by atoms with Gasteiger partial charge in [-0.2, -0.15) is 39.5 Å². The molecule has 2 aliphatic heterocycles. The number of alkyl halides is 9. The molecule has 17 heteroatoms. The van der Waals surface area contributed by atoms with Crippen LogP contribution in [0.2, 0.25) is 0 Å². The highest BCUT2D eigenvalue weighted by Gasteiger charge is 2.44. The van der Waals surface area contributed by atoms with Crippen molar-refractivity contribution in [2.75, 3.05) is 11.5 Å². The molecule has 42 heavy (non-hydrogen) atoms. The molecule has 1 amide bonds. The minimum absolute atomic E-state index is 0.00973. The summed E-state index contributed by atoms with van der Waals surface area (Å²) in [5.41, 5.74) is -4.64. The zero-order chi connectivity index (χ0) is 31.1. The third-order valence-electron chi connectivity index (χ3n) is 6.76. The van der Waals surface area contributed by atoms with Gasteiger partial charge in [0.15, 0.2) is 0 Å². The molecule has 2 atom stereocenters. The van der Waals surface area contributed by atoms with Gasteiger partial charge in [0, 0.05) is 18.5 Å². The Labute approximate surface area is 232 Å². The molecule has 2 heterocycles. The Morgan fingerprint density at radius 1 is 0.905 bits per heavy atom. The number of hydrogen-bond acceptors (Lipinski definition) is 7. The minimum Gasteiger partial charge on any atom is -0.449 e. The van der Waals surface area contributed by atoms with Crippen molar-refractivity contribution in [3.05, 3.63) is 64.2 Å². The Bertz CT molecular complexity index is 1340. The first-order valence-corrected chi connectivity index (χ1v) is 12.5. The van der Waals surface area contributed by atoms with Crippen molar-refractivity contribution in [2.45, 2.75) is 69.5 Å². The van der Waals surface area contributed by atoms with E-state index in [1.54, 1.807) is 13.8 Å². The second-order valence-corrected chi connectivity index (χ2v) is 9.62. The molecule has 0 fully saturated rings. The Morgan fingerprint density at radius 3 is 1.98 bits per heavy atom. The first kappa shape index (κ1) is 31.2. The number of nitrogens with one attached hydrogen (secondary N) is 1. The number of fused-ring (bicyclic) bond motifs is 1. The number of anilines is 1. The maximum atomic E-state index is 13.7. The van der Waals surface area contributed by atoms with E-state index in [4.69, 9.17) is 4.74 Å². The molecule has 0 spiro atoms. The standard InChI is InChI=1S/C25H23F9N6O2/c1-3-17-11-19(18-10-14(23(26,27)28)5-6-20(18)40(17)21(41)42-4-2)35-22(36-38-39-37-22)12-13-7-15(24(29,30)31)9-16(8-13)25(32,33)34/h5-10,17,19,35H,3-4,11-12H2,1-2H3/t17-,19+/m1/s1. The maximum Gasteiger partial charge on any atom is 0.416 e. The molecule has 2 aromatic carbocycles. The number of rotatable bonds is 6. The SMILES string of the molecule is CCOC(=O)N1c2ccc(C(F)(F)F)cc2[C@@H](NC2(Cc3cc(C(F)(F)F)cc(C(F)(F)F)c3)N=NN=N2)C[C@H]1CC. The topological polar surface area (TPSA) is 91.0 Å². The van der Waals surface area contributed by atoms with E-state index in [-0.39, 0.29) is 30.3 Å². The molecule has 0 unspecified atom stereocenters. The normalized spacial score (nSPS) is 20.1. The quantitative estimate of drug-likeness (QED) is 0.334. The van der Waals surface area contributed by atoms with E-state index in [1.165, 1.54) is 4.90 Å². The zero-order valence-corrected chi connectivity index (χ0v) is 21.9. The van der Waals surface area contributed by atoms with Crippen LogP contribution < -0.4 is 10.2 Å². The fourth-order valence-electron chi connectivity index (χ4n) is 4.93. The molecular weight excluding hydrogens is 587 g/mol. The highest BCUT2D eigenvalue weighted by Crippen LogP contribution is 2.44. The van der Waals surface area contributed by atoms with Gasteiger partial charge < -0.3 is 4.74 Å². The summed E-state index contributed by atoms with van der Waals surface area (Å²) in [4.78, 5) is 14.0. The molecule has 2 aliphatic rings. The van der Waals surface area contributed by atoms with Gasteiger partial charge in [0.25, 0.3) is 5.79 Å². The van der Waals surface area contributed by atoms with Crippen LogP contribution in [-0.4, -0.2) is 24.5 Å². The second-order valence-electron chi connectivity index (χ2n) is 9.62. The summed E-state index contributed by atoms with van der Waals surface area (Å²) in [5, 5.41) is 17.2. The van der Waals surface area contributed by atoms with Crippen molar-refractivity contribution in [3.8, 4) is 0 Å². The number of hydrogen-bond donors (Lipinski definition) is 1. The van der Waals surface area contributed by atoms with Crippen molar-refractivity contribution in [1.82, 2.24) is 5.32 Å². The lowest BCUT2D eigenvalue weighted by atomic mass is 9.88. The lowest BCUT2D eigenvalue weighted by Gasteiger charge is -2.42. The van der Waals surface area contributed by atoms with Gasteiger partial charge in [-0.05, 0) is 77.7 Å². The van der Waals surface area contributed by atoms with Crippen molar-refractivity contribution in [3.63, 3.8) is 0 Å². The fourth-order valence-corrected chi connectivity index (χ4v) is 4.93. The molecule has 4 rings (SSSR count). The third kappa shape index (κ3) is 6.50. The molecule has 0 saturated carbocycles. The van der Waals surface area contributed by atoms with E-state index >= 15 is 0 Å². The predicted molar refractivity (Wildman–Crippen MR) is 128 cm³/mol. The molecule has 2 aromatic rings. The summed E-state index contributed by atoms with van der Waals surface area (Å²) in [7, 11) is 0. The van der Waals surface area contributed by atoms with Crippen LogP contribution >= 0.6 is 0 Å². The molecule has 0 radical (unpaired) electrons. The zero-order valence-electron chi connectivity index (χ0n) is 21.9. The van der Waals surface area contributed by atoms with E-state index < -0.39 is 71.2 Å². The van der Waals surface area contributed by atoms with Crippen LogP contribution in [-0.2, 0) is 29.7 Å². The van der Waals surface area contributed by atoms with E-state index in [2.05, 4.69) is 26.0 Å². The average Bonchev–Trinajstić information content (AvgIpc) is 3.34. The Hall–Kier alpha value is -3.76. The largest absolute Gasteiger partial charge is 0.449 e. The summed E-state index contributed by atoms with van der Waals surface area (Å²) in [6.45, 7) is 3.26. The second kappa shape index (κ2) is 11.1. The number of amides is 1. The van der Waals surface area contributed by atoms with E-state index in [1.807, 2.05) is 0 Å². The van der Waals surface area contributed by atoms with Gasteiger partial charge in [0.05, 0.1) is 29.0 Å². The fraction of sp³-hybridized carbons (Fsp3) is 0.480. The molecular formula is C25H23F9N6O2. The van der Waals surface area contributed by atoms with Crippen molar-refractivity contribution >= 4 is 11.8 Å². The van der Waals surface area contributed by atoms with Gasteiger partial charge in [0.1, 0.15) is 0 Å². The number of nitrogens with zero attached hydrogens (tertiary/aromatic N) is 5. The molecule has 0 bridgehead atoms. The van der Waals surface area contributed by atoms with Crippen molar-refractivity contribution < 1.29 is 49.0 Å². The van der Waals surface area contributed by atoms with Crippen LogP contribution in [0.25, 0.3) is 0 Å². The summed E-state index contributed by atoms with van der Waals surface area (Å²) < 4.78 is 127. The van der Waals surface area contributed by atoms with Crippen LogP contribution in [0.1, 0.15) is 60.5 Å². The van der Waals surface area contributed by atoms with Gasteiger partial charge in [-0.25, -0.2) is 4.79 Å². The lowest BCUT2D eigenvalue weighted by Crippen LogP contribution is -2.51. The van der Waals surface area contributed by atoms with E-state index in [0.29, 0.717) is 18.6 Å². The van der Waals surface area contributed by atoms with Crippen LogP contribution in [0.4, 0.5) is 50.0 Å². The van der Waals surface area contributed by atoms with Gasteiger partial charge >= 0.3 is 24.6 Å². The van der Waals surface area contributed by atoms with Gasteiger partial charge in [-0.1, -0.05) is 6.92 Å². The van der Waals surface area contributed by atoms with Gasteiger partial charge in [0.2, 0.25) is 0 Å². The Kier molecular flexibility index (Phi) is 8.28. The highest BCUT2D eigenvalue weighted by atomic mass is 19.4. The number of carbonyl (C=O) groups is 1. The molecule has 1 N–H and O–H groups in total. The van der Waals surface area contributed by atoms with Crippen molar-refractivity contribution in [1.29, 1.82) is 0 Å². The smallest absolute Gasteiger partial charge is 0.416 e. The summed E-state index contributed by atoms with van der Waals surface area (Å²) in [6.07, 6.45) is -16.2. The van der Waals surface area contributed by atoms with Crippen LogP contribution in [0.15, 0.2) is 57.1 Å². The molecule has 228 valence electrons. The minimum atomic E-state index is -5.11. The summed E-state index contributed by atoms with van der Waals surface area (Å²) in [5.74, 6) is -2.06. The van der Waals surface area contributed by atoms with E-state index in [0.717, 1.165) is 18.2 Å².